The van der Waals surface area contributed by atoms with Crippen LogP contribution in [0.2, 0.25) is 0 Å². The third-order valence-electron chi connectivity index (χ3n) is 2.28. The van der Waals surface area contributed by atoms with E-state index >= 15 is 0 Å². The van der Waals surface area contributed by atoms with Crippen molar-refractivity contribution in [3.63, 3.8) is 0 Å². The van der Waals surface area contributed by atoms with Crippen molar-refractivity contribution < 1.29 is 15.0 Å². The van der Waals surface area contributed by atoms with E-state index in [1.807, 2.05) is 6.92 Å². The summed E-state index contributed by atoms with van der Waals surface area (Å²) in [4.78, 5) is 12.2. The number of hydrogen-bond acceptors (Lipinski definition) is 4. The van der Waals surface area contributed by atoms with Gasteiger partial charge in [0.25, 0.3) is 0 Å². The number of carbonyl (C=O) groups is 1. The summed E-state index contributed by atoms with van der Waals surface area (Å²) >= 11 is 0. The lowest BCUT2D eigenvalue weighted by Crippen LogP contribution is -2.52. The van der Waals surface area contributed by atoms with Crippen LogP contribution >= 0.6 is 0 Å². The molecule has 0 aliphatic rings. The van der Waals surface area contributed by atoms with Crippen molar-refractivity contribution in [2.45, 2.75) is 38.6 Å². The van der Waals surface area contributed by atoms with Crippen molar-refractivity contribution in [3.05, 3.63) is 12.7 Å². The van der Waals surface area contributed by atoms with Crippen LogP contribution in [0, 0.1) is 0 Å². The van der Waals surface area contributed by atoms with Gasteiger partial charge >= 0.3 is 5.97 Å². The highest BCUT2D eigenvalue weighted by atomic mass is 16.4. The first kappa shape index (κ1) is 14.1. The van der Waals surface area contributed by atoms with Crippen LogP contribution in [0.4, 0.5) is 0 Å². The average molecular weight is 216 g/mol. The Kier molecular flexibility index (Phi) is 6.15. The van der Waals surface area contributed by atoms with Crippen molar-refractivity contribution in [2.75, 3.05) is 6.54 Å². The van der Waals surface area contributed by atoms with Crippen LogP contribution in [0.3, 0.4) is 0 Å². The molecule has 0 aliphatic heterocycles. The van der Waals surface area contributed by atoms with Crippen molar-refractivity contribution >= 4 is 5.97 Å². The van der Waals surface area contributed by atoms with Gasteiger partial charge in [-0.25, -0.2) is 0 Å². The third kappa shape index (κ3) is 4.42. The van der Waals surface area contributed by atoms with Gasteiger partial charge in [-0.15, -0.1) is 6.58 Å². The molecular weight excluding hydrogens is 196 g/mol. The van der Waals surface area contributed by atoms with Gasteiger partial charge in [-0.05, 0) is 13.3 Å². The molecule has 0 aromatic rings. The molecule has 88 valence electrons. The Morgan fingerprint density at radius 1 is 1.67 bits per heavy atom. The Morgan fingerprint density at radius 3 is 2.47 bits per heavy atom. The summed E-state index contributed by atoms with van der Waals surface area (Å²) < 4.78 is 0. The Labute approximate surface area is 90.2 Å². The molecule has 3 unspecified atom stereocenters. The molecule has 0 bridgehead atoms. The van der Waals surface area contributed by atoms with E-state index in [1.165, 1.54) is 11.0 Å². The maximum absolute atomic E-state index is 10.7. The maximum Gasteiger partial charge on any atom is 0.317 e. The molecule has 3 atom stereocenters. The van der Waals surface area contributed by atoms with Crippen LogP contribution in [0.25, 0.3) is 0 Å². The molecular formula is C10H20N2O3. The zero-order valence-corrected chi connectivity index (χ0v) is 9.26. The van der Waals surface area contributed by atoms with E-state index in [-0.39, 0.29) is 6.54 Å². The first-order valence-electron chi connectivity index (χ1n) is 4.97. The first-order valence-corrected chi connectivity index (χ1v) is 4.97. The van der Waals surface area contributed by atoms with Crippen molar-refractivity contribution in [3.8, 4) is 0 Å². The van der Waals surface area contributed by atoms with Crippen LogP contribution in [0.5, 0.6) is 0 Å². The topological polar surface area (TPSA) is 86.8 Å². The van der Waals surface area contributed by atoms with E-state index < -0.39 is 24.3 Å². The molecule has 0 rings (SSSR count). The van der Waals surface area contributed by atoms with Crippen molar-refractivity contribution in [1.29, 1.82) is 0 Å². The number of hydrogen-bond donors (Lipinski definition) is 3. The minimum Gasteiger partial charge on any atom is -0.480 e. The summed E-state index contributed by atoms with van der Waals surface area (Å²) in [6.07, 6.45) is 1.05. The van der Waals surface area contributed by atoms with Crippen LogP contribution in [-0.2, 0) is 4.79 Å². The highest BCUT2D eigenvalue weighted by Gasteiger charge is 2.26. The second kappa shape index (κ2) is 6.55. The molecule has 0 spiro atoms. The molecule has 0 aliphatic carbocycles. The van der Waals surface area contributed by atoms with Gasteiger partial charge in [0, 0.05) is 0 Å². The fourth-order valence-electron chi connectivity index (χ4n) is 1.44. The van der Waals surface area contributed by atoms with Crippen LogP contribution in [0.15, 0.2) is 12.7 Å². The number of nitrogens with zero attached hydrogens (tertiary/aromatic N) is 1. The number of carboxylic acids is 1. The maximum atomic E-state index is 10.7. The fourth-order valence-corrected chi connectivity index (χ4v) is 1.44. The minimum atomic E-state index is -0.966. The Bertz CT molecular complexity index is 219. The molecule has 5 heteroatoms. The lowest BCUT2D eigenvalue weighted by molar-refractivity contribution is -0.140. The van der Waals surface area contributed by atoms with Crippen LogP contribution in [-0.4, -0.2) is 45.9 Å². The van der Waals surface area contributed by atoms with Gasteiger partial charge in [-0.1, -0.05) is 13.0 Å². The third-order valence-corrected chi connectivity index (χ3v) is 2.28. The monoisotopic (exact) mass is 216 g/mol. The lowest BCUT2D eigenvalue weighted by atomic mass is 10.1. The zero-order chi connectivity index (χ0) is 12.0. The van der Waals surface area contributed by atoms with E-state index in [2.05, 4.69) is 6.58 Å². The molecule has 0 aromatic heterocycles. The van der Waals surface area contributed by atoms with Gasteiger partial charge in [0.05, 0.1) is 24.9 Å². The smallest absolute Gasteiger partial charge is 0.317 e. The normalized spacial score (nSPS) is 17.1. The molecule has 0 heterocycles. The van der Waals surface area contributed by atoms with Crippen LogP contribution < -0.4 is 5.73 Å². The fraction of sp³-hybridized carbons (Fsp3) is 0.700. The Balaban J connectivity index is 4.72. The van der Waals surface area contributed by atoms with Gasteiger partial charge < -0.3 is 15.9 Å². The molecule has 0 amide bonds. The summed E-state index contributed by atoms with van der Waals surface area (Å²) in [6.45, 7) is 6.83. The highest BCUT2D eigenvalue weighted by molar-refractivity contribution is 5.69. The SMILES string of the molecule is C=CC(C(C)O)N(CC(=O)O)C(N)CC. The van der Waals surface area contributed by atoms with Gasteiger partial charge in [0.2, 0.25) is 0 Å². The predicted molar refractivity (Wildman–Crippen MR) is 58.3 cm³/mol. The van der Waals surface area contributed by atoms with E-state index in [0.717, 1.165) is 0 Å². The number of nitrogens with two attached hydrogens (primary N) is 1. The van der Waals surface area contributed by atoms with E-state index in [4.69, 9.17) is 10.8 Å². The van der Waals surface area contributed by atoms with Crippen LogP contribution in [0.1, 0.15) is 20.3 Å². The van der Waals surface area contributed by atoms with E-state index in [1.54, 1.807) is 6.92 Å². The summed E-state index contributed by atoms with van der Waals surface area (Å²) in [7, 11) is 0. The van der Waals surface area contributed by atoms with E-state index in [9.17, 15) is 9.90 Å². The van der Waals surface area contributed by atoms with Crippen molar-refractivity contribution in [1.82, 2.24) is 4.90 Å². The largest absolute Gasteiger partial charge is 0.480 e. The molecule has 0 aromatic carbocycles. The average Bonchev–Trinajstić information content (AvgIpc) is 2.15. The number of rotatable bonds is 7. The molecule has 0 fully saturated rings. The number of carboxylic acid groups (broad SMARTS) is 1. The molecule has 0 saturated heterocycles. The second-order valence-corrected chi connectivity index (χ2v) is 3.51. The molecule has 15 heavy (non-hydrogen) atoms. The van der Waals surface area contributed by atoms with Gasteiger partial charge in [-0.3, -0.25) is 9.69 Å². The Morgan fingerprint density at radius 2 is 2.20 bits per heavy atom. The molecule has 4 N–H and O–H groups in total. The summed E-state index contributed by atoms with van der Waals surface area (Å²) in [5, 5.41) is 18.2. The standard InChI is InChI=1S/C10H20N2O3/c1-4-8(7(3)13)12(6-10(14)15)9(11)5-2/h4,7-9,13H,1,5-6,11H2,2-3H3,(H,14,15). The van der Waals surface area contributed by atoms with Crippen molar-refractivity contribution in [2.24, 2.45) is 5.73 Å². The summed E-state index contributed by atoms with van der Waals surface area (Å²) in [5.74, 6) is -0.966. The van der Waals surface area contributed by atoms with Gasteiger partial charge in [-0.2, -0.15) is 0 Å². The first-order chi connectivity index (χ1) is 6.93. The van der Waals surface area contributed by atoms with Gasteiger partial charge in [0.15, 0.2) is 0 Å². The lowest BCUT2D eigenvalue weighted by Gasteiger charge is -2.34. The number of aliphatic carboxylic acids is 1. The highest BCUT2D eigenvalue weighted by Crippen LogP contribution is 2.10. The zero-order valence-electron chi connectivity index (χ0n) is 9.26. The summed E-state index contributed by atoms with van der Waals surface area (Å²) in [6, 6.07) is -0.434. The number of aliphatic hydroxyl groups excluding tert-OH is 1. The van der Waals surface area contributed by atoms with Gasteiger partial charge in [0.1, 0.15) is 0 Å². The quantitative estimate of drug-likeness (QED) is 0.412. The second-order valence-electron chi connectivity index (χ2n) is 3.51. The Hall–Kier alpha value is -0.910. The summed E-state index contributed by atoms with van der Waals surface area (Å²) in [5.41, 5.74) is 5.78. The molecule has 0 saturated carbocycles. The molecule has 0 radical (unpaired) electrons. The minimum absolute atomic E-state index is 0.198. The molecule has 5 nitrogen and oxygen atoms in total. The van der Waals surface area contributed by atoms with E-state index in [0.29, 0.717) is 6.42 Å². The number of aliphatic hydroxyl groups is 1. The predicted octanol–water partition coefficient (Wildman–Crippen LogP) is 0.00320.